The van der Waals surface area contributed by atoms with E-state index in [1.165, 1.54) is 30.0 Å². The van der Waals surface area contributed by atoms with E-state index in [-0.39, 0.29) is 17.1 Å². The molecule has 2 aromatic rings. The van der Waals surface area contributed by atoms with Crippen LogP contribution < -0.4 is 5.32 Å². The summed E-state index contributed by atoms with van der Waals surface area (Å²) >= 11 is 5.95. The van der Waals surface area contributed by atoms with E-state index in [0.29, 0.717) is 6.07 Å². The highest BCUT2D eigenvalue weighted by molar-refractivity contribution is 6.31. The summed E-state index contributed by atoms with van der Waals surface area (Å²) in [7, 11) is 1.55. The predicted molar refractivity (Wildman–Crippen MR) is 87.3 cm³/mol. The number of hydrogen-bond donors (Lipinski definition) is 1. The van der Waals surface area contributed by atoms with Crippen molar-refractivity contribution >= 4 is 23.2 Å². The average molecular weight is 375 g/mol. The molecule has 1 N–H and O–H groups in total. The van der Waals surface area contributed by atoms with Crippen LogP contribution in [0.1, 0.15) is 12.5 Å². The standard InChI is InChI=1S/C17H15ClF4N2O/c1-9(24(2)8-10-11(18)4-3-5-12(10)19)17(25)23-14-7-6-13(20)15(21)16(14)22/h3-7,9H,8H2,1-2H3,(H,23,25). The summed E-state index contributed by atoms with van der Waals surface area (Å²) in [6, 6.07) is 5.05. The Morgan fingerprint density at radius 1 is 1.12 bits per heavy atom. The number of likely N-dealkylation sites (N-methyl/N-ethyl adjacent to an activating group) is 1. The number of anilines is 1. The Hall–Kier alpha value is -2.12. The molecule has 0 aliphatic carbocycles. The molecule has 25 heavy (non-hydrogen) atoms. The maximum absolute atomic E-state index is 13.8. The van der Waals surface area contributed by atoms with Gasteiger partial charge in [0.2, 0.25) is 5.91 Å². The number of hydrogen-bond acceptors (Lipinski definition) is 2. The van der Waals surface area contributed by atoms with Gasteiger partial charge >= 0.3 is 0 Å². The molecule has 134 valence electrons. The van der Waals surface area contributed by atoms with Gasteiger partial charge in [0.05, 0.1) is 11.7 Å². The maximum atomic E-state index is 13.8. The zero-order chi connectivity index (χ0) is 18.7. The van der Waals surface area contributed by atoms with Crippen LogP contribution in [0.15, 0.2) is 30.3 Å². The second-order valence-electron chi connectivity index (χ2n) is 5.50. The van der Waals surface area contributed by atoms with Crippen LogP contribution >= 0.6 is 11.6 Å². The fourth-order valence-corrected chi connectivity index (χ4v) is 2.35. The SMILES string of the molecule is CC(C(=O)Nc1ccc(F)c(F)c1F)N(C)Cc1c(F)cccc1Cl. The highest BCUT2D eigenvalue weighted by Crippen LogP contribution is 2.22. The lowest BCUT2D eigenvalue weighted by atomic mass is 10.1. The Morgan fingerprint density at radius 3 is 2.44 bits per heavy atom. The smallest absolute Gasteiger partial charge is 0.241 e. The summed E-state index contributed by atoms with van der Waals surface area (Å²) in [5, 5.41) is 2.40. The van der Waals surface area contributed by atoms with Crippen LogP contribution in [-0.4, -0.2) is 23.9 Å². The van der Waals surface area contributed by atoms with Crippen LogP contribution in [-0.2, 0) is 11.3 Å². The molecule has 8 heteroatoms. The minimum absolute atomic E-state index is 0.0281. The first-order chi connectivity index (χ1) is 11.7. The Kier molecular flexibility index (Phi) is 6.02. The molecule has 0 radical (unpaired) electrons. The molecule has 0 aromatic heterocycles. The van der Waals surface area contributed by atoms with Crippen molar-refractivity contribution in [2.75, 3.05) is 12.4 Å². The molecule has 0 heterocycles. The third-order valence-electron chi connectivity index (χ3n) is 3.80. The van der Waals surface area contributed by atoms with E-state index in [1.807, 2.05) is 0 Å². The van der Waals surface area contributed by atoms with E-state index < -0.39 is 40.9 Å². The second-order valence-corrected chi connectivity index (χ2v) is 5.91. The summed E-state index contributed by atoms with van der Waals surface area (Å²) in [4.78, 5) is 13.7. The summed E-state index contributed by atoms with van der Waals surface area (Å²) in [6.45, 7) is 1.53. The van der Waals surface area contributed by atoms with Gasteiger partial charge in [0.25, 0.3) is 0 Å². The number of amides is 1. The highest BCUT2D eigenvalue weighted by Gasteiger charge is 2.22. The Labute approximate surface area is 147 Å². The van der Waals surface area contributed by atoms with E-state index in [0.717, 1.165) is 6.07 Å². The Balaban J connectivity index is 2.10. The summed E-state index contributed by atoms with van der Waals surface area (Å²) in [5.41, 5.74) is -0.265. The highest BCUT2D eigenvalue weighted by atomic mass is 35.5. The van der Waals surface area contributed by atoms with Crippen LogP contribution in [0.3, 0.4) is 0 Å². The first-order valence-electron chi connectivity index (χ1n) is 7.29. The zero-order valence-corrected chi connectivity index (χ0v) is 14.2. The fraction of sp³-hybridized carbons (Fsp3) is 0.235. The van der Waals surface area contributed by atoms with Crippen molar-refractivity contribution in [3.63, 3.8) is 0 Å². The Morgan fingerprint density at radius 2 is 1.80 bits per heavy atom. The van der Waals surface area contributed by atoms with Crippen molar-refractivity contribution in [2.45, 2.75) is 19.5 Å². The van der Waals surface area contributed by atoms with Crippen molar-refractivity contribution in [1.82, 2.24) is 4.90 Å². The number of rotatable bonds is 5. The van der Waals surface area contributed by atoms with E-state index >= 15 is 0 Å². The van der Waals surface area contributed by atoms with Crippen LogP contribution in [0.4, 0.5) is 23.2 Å². The molecule has 0 fully saturated rings. The minimum atomic E-state index is -1.67. The summed E-state index contributed by atoms with van der Waals surface area (Å²) in [6.07, 6.45) is 0. The van der Waals surface area contributed by atoms with Crippen molar-refractivity contribution in [3.05, 3.63) is 64.2 Å². The average Bonchev–Trinajstić information content (AvgIpc) is 2.57. The topological polar surface area (TPSA) is 32.3 Å². The van der Waals surface area contributed by atoms with E-state index in [9.17, 15) is 22.4 Å². The number of halogens is 5. The van der Waals surface area contributed by atoms with E-state index in [1.54, 1.807) is 7.05 Å². The number of benzene rings is 2. The monoisotopic (exact) mass is 374 g/mol. The third kappa shape index (κ3) is 4.29. The lowest BCUT2D eigenvalue weighted by molar-refractivity contribution is -0.120. The molecule has 1 atom stereocenters. The molecule has 0 saturated carbocycles. The normalized spacial score (nSPS) is 12.3. The fourth-order valence-electron chi connectivity index (χ4n) is 2.13. The van der Waals surface area contributed by atoms with Gasteiger partial charge in [-0.3, -0.25) is 9.69 Å². The molecule has 2 rings (SSSR count). The van der Waals surface area contributed by atoms with Gasteiger partial charge in [-0.15, -0.1) is 0 Å². The van der Waals surface area contributed by atoms with Crippen LogP contribution in [0.5, 0.6) is 0 Å². The second kappa shape index (κ2) is 7.84. The molecule has 0 aliphatic rings. The minimum Gasteiger partial charge on any atom is -0.322 e. The van der Waals surface area contributed by atoms with Crippen molar-refractivity contribution < 1.29 is 22.4 Å². The van der Waals surface area contributed by atoms with E-state index in [2.05, 4.69) is 5.32 Å². The molecule has 3 nitrogen and oxygen atoms in total. The van der Waals surface area contributed by atoms with Gasteiger partial charge in [-0.05, 0) is 38.2 Å². The number of carbonyl (C=O) groups is 1. The first kappa shape index (κ1) is 19.2. The van der Waals surface area contributed by atoms with Crippen molar-refractivity contribution in [1.29, 1.82) is 0 Å². The number of nitrogens with zero attached hydrogens (tertiary/aromatic N) is 1. The molecular weight excluding hydrogens is 360 g/mol. The summed E-state index contributed by atoms with van der Waals surface area (Å²) < 4.78 is 53.6. The molecule has 0 aliphatic heterocycles. The quantitative estimate of drug-likeness (QED) is 0.623. The molecule has 0 bridgehead atoms. The van der Waals surface area contributed by atoms with E-state index in [4.69, 9.17) is 11.6 Å². The number of carbonyl (C=O) groups excluding carboxylic acids is 1. The van der Waals surface area contributed by atoms with Gasteiger partial charge in [-0.25, -0.2) is 17.6 Å². The van der Waals surface area contributed by atoms with Crippen LogP contribution in [0, 0.1) is 23.3 Å². The van der Waals surface area contributed by atoms with Gasteiger partial charge in [-0.1, -0.05) is 17.7 Å². The first-order valence-corrected chi connectivity index (χ1v) is 7.67. The molecule has 1 amide bonds. The molecule has 2 aromatic carbocycles. The Bertz CT molecular complexity index is 780. The zero-order valence-electron chi connectivity index (χ0n) is 13.4. The van der Waals surface area contributed by atoms with Gasteiger partial charge in [0.15, 0.2) is 17.5 Å². The van der Waals surface area contributed by atoms with Gasteiger partial charge in [0.1, 0.15) is 5.82 Å². The number of nitrogens with one attached hydrogen (secondary N) is 1. The predicted octanol–water partition coefficient (Wildman–Crippen LogP) is 4.36. The lowest BCUT2D eigenvalue weighted by Gasteiger charge is -2.24. The molecular formula is C17H15ClF4N2O. The van der Waals surface area contributed by atoms with Crippen molar-refractivity contribution in [2.24, 2.45) is 0 Å². The maximum Gasteiger partial charge on any atom is 0.241 e. The van der Waals surface area contributed by atoms with Gasteiger partial charge in [0, 0.05) is 17.1 Å². The lowest BCUT2D eigenvalue weighted by Crippen LogP contribution is -2.39. The third-order valence-corrected chi connectivity index (χ3v) is 4.16. The molecule has 0 spiro atoms. The van der Waals surface area contributed by atoms with Gasteiger partial charge < -0.3 is 5.32 Å². The van der Waals surface area contributed by atoms with Crippen LogP contribution in [0.25, 0.3) is 0 Å². The van der Waals surface area contributed by atoms with Gasteiger partial charge in [-0.2, -0.15) is 0 Å². The molecule has 0 saturated heterocycles. The van der Waals surface area contributed by atoms with Crippen molar-refractivity contribution in [3.8, 4) is 0 Å². The molecule has 1 unspecified atom stereocenters. The van der Waals surface area contributed by atoms with Crippen LogP contribution in [0.2, 0.25) is 5.02 Å². The summed E-state index contributed by atoms with van der Waals surface area (Å²) in [5.74, 6) is -5.69. The largest absolute Gasteiger partial charge is 0.322 e.